The van der Waals surface area contributed by atoms with Gasteiger partial charge >= 0.3 is 0 Å². The van der Waals surface area contributed by atoms with Crippen LogP contribution in [0.4, 0.5) is 0 Å². The number of hydrogen-bond acceptors (Lipinski definition) is 3. The second kappa shape index (κ2) is 6.65. The molecule has 0 saturated heterocycles. The molecule has 102 valence electrons. The first-order chi connectivity index (χ1) is 9.65. The van der Waals surface area contributed by atoms with Crippen LogP contribution in [-0.4, -0.2) is 7.11 Å². The number of halogens is 2. The lowest BCUT2D eigenvalue weighted by Gasteiger charge is -2.11. The highest BCUT2D eigenvalue weighted by molar-refractivity contribution is 9.10. The zero-order chi connectivity index (χ0) is 14.5. The van der Waals surface area contributed by atoms with Gasteiger partial charge in [0, 0.05) is 10.0 Å². The molecule has 0 unspecified atom stereocenters. The summed E-state index contributed by atoms with van der Waals surface area (Å²) in [7, 11) is 1.61. The minimum Gasteiger partial charge on any atom is -0.497 e. The van der Waals surface area contributed by atoms with Crippen molar-refractivity contribution in [2.75, 3.05) is 7.11 Å². The van der Waals surface area contributed by atoms with Gasteiger partial charge in [0.1, 0.15) is 29.7 Å². The Morgan fingerprint density at radius 1 is 1.30 bits per heavy atom. The minimum absolute atomic E-state index is 0.312. The molecule has 20 heavy (non-hydrogen) atoms. The average Bonchev–Trinajstić information content (AvgIpc) is 2.46. The smallest absolute Gasteiger partial charge is 0.139 e. The van der Waals surface area contributed by atoms with Crippen molar-refractivity contribution < 1.29 is 9.47 Å². The van der Waals surface area contributed by atoms with Gasteiger partial charge in [0.2, 0.25) is 0 Å². The monoisotopic (exact) mass is 351 g/mol. The molecular weight excluding hydrogens is 342 g/mol. The molecule has 0 aromatic heterocycles. The van der Waals surface area contributed by atoms with Gasteiger partial charge in [-0.15, -0.1) is 0 Å². The van der Waals surface area contributed by atoms with Crippen LogP contribution in [0.1, 0.15) is 11.1 Å². The van der Waals surface area contributed by atoms with Crippen molar-refractivity contribution in [3.05, 3.63) is 57.0 Å². The number of rotatable bonds is 4. The number of nitrogens with zero attached hydrogens (tertiary/aromatic N) is 1. The fourth-order valence-corrected chi connectivity index (χ4v) is 2.25. The van der Waals surface area contributed by atoms with Crippen LogP contribution in [0.3, 0.4) is 0 Å². The van der Waals surface area contributed by atoms with Crippen LogP contribution in [0.5, 0.6) is 11.5 Å². The Morgan fingerprint density at radius 3 is 2.80 bits per heavy atom. The number of benzene rings is 2. The summed E-state index contributed by atoms with van der Waals surface area (Å²) < 4.78 is 11.8. The lowest BCUT2D eigenvalue weighted by atomic mass is 10.2. The predicted molar refractivity (Wildman–Crippen MR) is 81.2 cm³/mol. The maximum Gasteiger partial charge on any atom is 0.139 e. The molecule has 2 aromatic rings. The Kier molecular flexibility index (Phi) is 4.89. The zero-order valence-electron chi connectivity index (χ0n) is 10.7. The van der Waals surface area contributed by atoms with Crippen molar-refractivity contribution in [2.45, 2.75) is 6.61 Å². The first kappa shape index (κ1) is 14.7. The van der Waals surface area contributed by atoms with E-state index in [2.05, 4.69) is 15.9 Å². The topological polar surface area (TPSA) is 42.2 Å². The van der Waals surface area contributed by atoms with E-state index < -0.39 is 0 Å². The molecule has 2 rings (SSSR count). The molecule has 0 spiro atoms. The van der Waals surface area contributed by atoms with Gasteiger partial charge in [0.05, 0.1) is 12.1 Å². The van der Waals surface area contributed by atoms with Gasteiger partial charge in [0.25, 0.3) is 0 Å². The van der Waals surface area contributed by atoms with Crippen molar-refractivity contribution in [1.29, 1.82) is 5.26 Å². The van der Waals surface area contributed by atoms with E-state index in [1.54, 1.807) is 25.3 Å². The largest absolute Gasteiger partial charge is 0.497 e. The van der Waals surface area contributed by atoms with Crippen LogP contribution in [-0.2, 0) is 6.61 Å². The Morgan fingerprint density at radius 2 is 2.10 bits per heavy atom. The Hall–Kier alpha value is -1.70. The Labute approximate surface area is 130 Å². The second-order valence-corrected chi connectivity index (χ2v) is 5.23. The Balaban J connectivity index is 2.21. The highest BCUT2D eigenvalue weighted by Gasteiger charge is 2.09. The third-order valence-corrected chi connectivity index (χ3v) is 3.81. The van der Waals surface area contributed by atoms with Crippen molar-refractivity contribution in [3.63, 3.8) is 0 Å². The van der Waals surface area contributed by atoms with E-state index in [4.69, 9.17) is 26.3 Å². The predicted octanol–water partition coefficient (Wildman–Crippen LogP) is 4.56. The van der Waals surface area contributed by atoms with Gasteiger partial charge in [-0.2, -0.15) is 5.26 Å². The van der Waals surface area contributed by atoms with Crippen molar-refractivity contribution >= 4 is 27.5 Å². The molecule has 0 aliphatic rings. The lowest BCUT2D eigenvalue weighted by molar-refractivity contribution is 0.303. The van der Waals surface area contributed by atoms with Gasteiger partial charge in [-0.1, -0.05) is 33.6 Å². The molecule has 2 aromatic carbocycles. The summed E-state index contributed by atoms with van der Waals surface area (Å²) in [4.78, 5) is 0. The summed E-state index contributed by atoms with van der Waals surface area (Å²) in [5.41, 5.74) is 1.27. The van der Waals surface area contributed by atoms with E-state index in [1.807, 2.05) is 24.3 Å². The molecular formula is C15H11BrClNO2. The van der Waals surface area contributed by atoms with Gasteiger partial charge < -0.3 is 9.47 Å². The van der Waals surface area contributed by atoms with Crippen LogP contribution in [0.25, 0.3) is 0 Å². The van der Waals surface area contributed by atoms with E-state index >= 15 is 0 Å². The summed E-state index contributed by atoms with van der Waals surface area (Å²) in [5.74, 6) is 1.22. The van der Waals surface area contributed by atoms with Gasteiger partial charge in [-0.3, -0.25) is 0 Å². The standard InChI is InChI=1S/C15H11BrClNO2/c1-19-11-5-6-13(16)10(7-11)9-20-15-4-2-3-14(17)12(15)8-18/h2-7H,9H2,1H3. The van der Waals surface area contributed by atoms with Crippen LogP contribution in [0.2, 0.25) is 5.02 Å². The summed E-state index contributed by atoms with van der Waals surface area (Å²) in [6.45, 7) is 0.312. The highest BCUT2D eigenvalue weighted by atomic mass is 79.9. The highest BCUT2D eigenvalue weighted by Crippen LogP contribution is 2.28. The summed E-state index contributed by atoms with van der Waals surface area (Å²) in [6.07, 6.45) is 0. The summed E-state index contributed by atoms with van der Waals surface area (Å²) in [6, 6.07) is 12.8. The molecule has 0 saturated carbocycles. The van der Waals surface area contributed by atoms with E-state index in [1.165, 1.54) is 0 Å². The molecule has 5 heteroatoms. The average molecular weight is 353 g/mol. The van der Waals surface area contributed by atoms with Crippen molar-refractivity contribution in [3.8, 4) is 17.6 Å². The molecule has 0 amide bonds. The molecule has 0 aliphatic carbocycles. The SMILES string of the molecule is COc1ccc(Br)c(COc2cccc(Cl)c2C#N)c1. The zero-order valence-corrected chi connectivity index (χ0v) is 13.0. The van der Waals surface area contributed by atoms with Crippen LogP contribution in [0.15, 0.2) is 40.9 Å². The second-order valence-electron chi connectivity index (χ2n) is 3.97. The Bertz CT molecular complexity index is 667. The molecule has 0 aliphatic heterocycles. The van der Waals surface area contributed by atoms with E-state index in [0.717, 1.165) is 15.8 Å². The lowest BCUT2D eigenvalue weighted by Crippen LogP contribution is -1.99. The first-order valence-corrected chi connectivity index (χ1v) is 6.96. The van der Waals surface area contributed by atoms with Crippen molar-refractivity contribution in [2.24, 2.45) is 0 Å². The minimum atomic E-state index is 0.312. The van der Waals surface area contributed by atoms with E-state index in [-0.39, 0.29) is 0 Å². The summed E-state index contributed by atoms with van der Waals surface area (Å²) in [5, 5.41) is 9.47. The van der Waals surface area contributed by atoms with E-state index in [0.29, 0.717) is 22.9 Å². The van der Waals surface area contributed by atoms with Gasteiger partial charge in [-0.25, -0.2) is 0 Å². The van der Waals surface area contributed by atoms with E-state index in [9.17, 15) is 0 Å². The normalized spacial score (nSPS) is 9.90. The van der Waals surface area contributed by atoms with Crippen LogP contribution < -0.4 is 9.47 Å². The third kappa shape index (κ3) is 3.24. The van der Waals surface area contributed by atoms with Crippen LogP contribution in [0, 0.1) is 11.3 Å². The van der Waals surface area contributed by atoms with Crippen molar-refractivity contribution in [1.82, 2.24) is 0 Å². The molecule has 0 atom stereocenters. The molecule has 3 nitrogen and oxygen atoms in total. The molecule has 0 bridgehead atoms. The maximum absolute atomic E-state index is 9.09. The molecule has 0 N–H and O–H groups in total. The molecule has 0 radical (unpaired) electrons. The number of ether oxygens (including phenoxy) is 2. The fraction of sp³-hybridized carbons (Fsp3) is 0.133. The molecule has 0 fully saturated rings. The van der Waals surface area contributed by atoms with Gasteiger partial charge in [0.15, 0.2) is 0 Å². The molecule has 0 heterocycles. The summed E-state index contributed by atoms with van der Waals surface area (Å²) >= 11 is 9.42. The third-order valence-electron chi connectivity index (χ3n) is 2.72. The number of methoxy groups -OCH3 is 1. The quantitative estimate of drug-likeness (QED) is 0.810. The number of hydrogen-bond donors (Lipinski definition) is 0. The first-order valence-electron chi connectivity index (χ1n) is 5.79. The van der Waals surface area contributed by atoms with Gasteiger partial charge in [-0.05, 0) is 30.3 Å². The number of nitriles is 1. The maximum atomic E-state index is 9.09. The van der Waals surface area contributed by atoms with Crippen LogP contribution >= 0.6 is 27.5 Å². The fourth-order valence-electron chi connectivity index (χ4n) is 1.68.